The van der Waals surface area contributed by atoms with E-state index in [2.05, 4.69) is 5.32 Å². The topological polar surface area (TPSA) is 127 Å². The zero-order chi connectivity index (χ0) is 16.4. The number of aliphatic carboxylic acids is 1. The Morgan fingerprint density at radius 2 is 1.90 bits per heavy atom. The fraction of sp³-hybridized carbons (Fsp3) is 0.385. The molecule has 0 bridgehead atoms. The van der Waals surface area contributed by atoms with Crippen molar-refractivity contribution >= 4 is 27.6 Å². The Bertz CT molecular complexity index is 680. The molecule has 0 unspecified atom stereocenters. The molecular weight excluding hydrogens is 296 g/mol. The van der Waals surface area contributed by atoms with E-state index in [9.17, 15) is 18.0 Å². The van der Waals surface area contributed by atoms with Crippen LogP contribution in [0.2, 0.25) is 0 Å². The number of carboxylic acid groups (broad SMARTS) is 1. The van der Waals surface area contributed by atoms with Gasteiger partial charge in [0.1, 0.15) is 0 Å². The van der Waals surface area contributed by atoms with Gasteiger partial charge in [0.05, 0.1) is 10.3 Å². The van der Waals surface area contributed by atoms with E-state index >= 15 is 0 Å². The highest BCUT2D eigenvalue weighted by molar-refractivity contribution is 7.89. The standard InChI is InChI=1S/C13H18N2O5S/c1-8-9(5-4-6-10(8)21(14,19)20)15-11(16)7-13(2,3)12(17)18/h4-6H,7H2,1-3H3,(H,15,16)(H,17,18)(H2,14,19,20). The van der Waals surface area contributed by atoms with Crippen LogP contribution in [0, 0.1) is 12.3 Å². The van der Waals surface area contributed by atoms with Crippen LogP contribution in [0.15, 0.2) is 23.1 Å². The lowest BCUT2D eigenvalue weighted by Gasteiger charge is -2.19. The number of carbonyl (C=O) groups excluding carboxylic acids is 1. The fourth-order valence-corrected chi connectivity index (χ4v) is 2.53. The summed E-state index contributed by atoms with van der Waals surface area (Å²) >= 11 is 0. The number of amides is 1. The van der Waals surface area contributed by atoms with E-state index in [1.54, 1.807) is 0 Å². The molecule has 21 heavy (non-hydrogen) atoms. The molecule has 0 spiro atoms. The first-order chi connectivity index (χ1) is 9.45. The molecule has 0 aliphatic rings. The van der Waals surface area contributed by atoms with Gasteiger partial charge in [-0.1, -0.05) is 6.07 Å². The first kappa shape index (κ1) is 17.1. The monoisotopic (exact) mass is 314 g/mol. The number of anilines is 1. The van der Waals surface area contributed by atoms with Gasteiger partial charge in [-0.15, -0.1) is 0 Å². The molecule has 1 aromatic rings. The molecule has 0 saturated carbocycles. The molecule has 4 N–H and O–H groups in total. The van der Waals surface area contributed by atoms with Crippen molar-refractivity contribution in [3.8, 4) is 0 Å². The predicted molar refractivity (Wildman–Crippen MR) is 77.2 cm³/mol. The quantitative estimate of drug-likeness (QED) is 0.749. The maximum atomic E-state index is 11.9. The minimum absolute atomic E-state index is 0.0854. The molecule has 1 aromatic carbocycles. The SMILES string of the molecule is Cc1c(NC(=O)CC(C)(C)C(=O)O)cccc1S(N)(=O)=O. The van der Waals surface area contributed by atoms with Gasteiger partial charge in [-0.2, -0.15) is 0 Å². The summed E-state index contributed by atoms with van der Waals surface area (Å²) in [4.78, 5) is 22.8. The average Bonchev–Trinajstić information content (AvgIpc) is 2.29. The number of nitrogens with two attached hydrogens (primary N) is 1. The molecular formula is C13H18N2O5S. The van der Waals surface area contributed by atoms with Crippen molar-refractivity contribution in [3.05, 3.63) is 23.8 Å². The van der Waals surface area contributed by atoms with Crippen LogP contribution in [0.1, 0.15) is 25.8 Å². The van der Waals surface area contributed by atoms with Crippen LogP contribution < -0.4 is 10.5 Å². The first-order valence-corrected chi connectivity index (χ1v) is 7.65. The summed E-state index contributed by atoms with van der Waals surface area (Å²) in [6.45, 7) is 4.38. The number of hydrogen-bond donors (Lipinski definition) is 3. The largest absolute Gasteiger partial charge is 0.481 e. The van der Waals surface area contributed by atoms with Crippen LogP contribution in [0.4, 0.5) is 5.69 Å². The Kier molecular flexibility index (Phi) is 4.75. The minimum atomic E-state index is -3.89. The highest BCUT2D eigenvalue weighted by atomic mass is 32.2. The second kappa shape index (κ2) is 5.82. The third kappa shape index (κ3) is 4.27. The molecule has 0 aromatic heterocycles. The molecule has 0 atom stereocenters. The third-order valence-corrected chi connectivity index (χ3v) is 4.10. The van der Waals surface area contributed by atoms with Gasteiger partial charge in [0.2, 0.25) is 15.9 Å². The van der Waals surface area contributed by atoms with Gasteiger partial charge in [0, 0.05) is 12.1 Å². The molecule has 1 rings (SSSR count). The van der Waals surface area contributed by atoms with Gasteiger partial charge >= 0.3 is 5.97 Å². The number of nitrogens with one attached hydrogen (secondary N) is 1. The van der Waals surface area contributed by atoms with Gasteiger partial charge in [-0.25, -0.2) is 13.6 Å². The Labute approximate surface area is 123 Å². The van der Waals surface area contributed by atoms with Gasteiger partial charge < -0.3 is 10.4 Å². The number of hydrogen-bond acceptors (Lipinski definition) is 4. The van der Waals surface area contributed by atoms with E-state index in [4.69, 9.17) is 10.2 Å². The fourth-order valence-electron chi connectivity index (χ4n) is 1.73. The highest BCUT2D eigenvalue weighted by Gasteiger charge is 2.30. The van der Waals surface area contributed by atoms with E-state index < -0.39 is 27.3 Å². The maximum Gasteiger partial charge on any atom is 0.309 e. The van der Waals surface area contributed by atoms with Crippen molar-refractivity contribution in [2.24, 2.45) is 10.6 Å². The third-order valence-electron chi connectivity index (χ3n) is 3.05. The van der Waals surface area contributed by atoms with Gasteiger partial charge in [0.15, 0.2) is 0 Å². The van der Waals surface area contributed by atoms with Crippen LogP contribution in [0.25, 0.3) is 0 Å². The summed E-state index contributed by atoms with van der Waals surface area (Å²) in [6.07, 6.45) is -0.235. The van der Waals surface area contributed by atoms with Crippen molar-refractivity contribution < 1.29 is 23.1 Å². The van der Waals surface area contributed by atoms with Crippen LogP contribution in [0.3, 0.4) is 0 Å². The Hall–Kier alpha value is -1.93. The first-order valence-electron chi connectivity index (χ1n) is 6.11. The molecule has 0 fully saturated rings. The summed E-state index contributed by atoms with van der Waals surface area (Å²) in [5.41, 5.74) is -0.621. The zero-order valence-corrected chi connectivity index (χ0v) is 12.8. The summed E-state index contributed by atoms with van der Waals surface area (Å²) in [5, 5.41) is 16.6. The second-order valence-corrected chi connectivity index (χ2v) is 6.92. The molecule has 0 aliphatic carbocycles. The molecule has 8 heteroatoms. The van der Waals surface area contributed by atoms with Gasteiger partial charge in [-0.05, 0) is 38.5 Å². The maximum absolute atomic E-state index is 11.9. The molecule has 0 heterocycles. The van der Waals surface area contributed by atoms with E-state index in [0.29, 0.717) is 5.56 Å². The van der Waals surface area contributed by atoms with E-state index in [0.717, 1.165) is 0 Å². The van der Waals surface area contributed by atoms with Crippen LogP contribution in [-0.2, 0) is 19.6 Å². The number of sulfonamides is 1. The number of primary sulfonamides is 1. The lowest BCUT2D eigenvalue weighted by Crippen LogP contribution is -2.29. The van der Waals surface area contributed by atoms with Gasteiger partial charge in [0.25, 0.3) is 0 Å². The van der Waals surface area contributed by atoms with Crippen LogP contribution in [-0.4, -0.2) is 25.4 Å². The number of carbonyl (C=O) groups is 2. The summed E-state index contributed by atoms with van der Waals surface area (Å²) in [7, 11) is -3.89. The van der Waals surface area contributed by atoms with Gasteiger partial charge in [-0.3, -0.25) is 9.59 Å². The Morgan fingerprint density at radius 1 is 1.33 bits per heavy atom. The second-order valence-electron chi connectivity index (χ2n) is 5.39. The molecule has 0 saturated heterocycles. The smallest absolute Gasteiger partial charge is 0.309 e. The molecule has 116 valence electrons. The van der Waals surface area contributed by atoms with E-state index in [1.165, 1.54) is 39.0 Å². The molecule has 0 aliphatic heterocycles. The molecule has 7 nitrogen and oxygen atoms in total. The number of rotatable bonds is 5. The lowest BCUT2D eigenvalue weighted by atomic mass is 9.89. The lowest BCUT2D eigenvalue weighted by molar-refractivity contribution is -0.148. The van der Waals surface area contributed by atoms with Crippen molar-refractivity contribution in [3.63, 3.8) is 0 Å². The summed E-state index contributed by atoms with van der Waals surface area (Å²) in [5.74, 6) is -1.61. The zero-order valence-electron chi connectivity index (χ0n) is 12.0. The van der Waals surface area contributed by atoms with Crippen molar-refractivity contribution in [1.29, 1.82) is 0 Å². The number of benzene rings is 1. The van der Waals surface area contributed by atoms with Crippen molar-refractivity contribution in [1.82, 2.24) is 0 Å². The Balaban J connectivity index is 3.00. The van der Waals surface area contributed by atoms with Crippen molar-refractivity contribution in [2.45, 2.75) is 32.1 Å². The van der Waals surface area contributed by atoms with Crippen LogP contribution >= 0.6 is 0 Å². The average molecular weight is 314 g/mol. The predicted octanol–water partition coefficient (Wildman–Crippen LogP) is 1.08. The number of carboxylic acids is 1. The Morgan fingerprint density at radius 3 is 2.38 bits per heavy atom. The summed E-state index contributed by atoms with van der Waals surface area (Å²) < 4.78 is 22.8. The van der Waals surface area contributed by atoms with Crippen LogP contribution in [0.5, 0.6) is 0 Å². The molecule has 1 amide bonds. The highest BCUT2D eigenvalue weighted by Crippen LogP contribution is 2.25. The minimum Gasteiger partial charge on any atom is -0.481 e. The summed E-state index contributed by atoms with van der Waals surface area (Å²) in [6, 6.07) is 4.31. The van der Waals surface area contributed by atoms with Crippen molar-refractivity contribution in [2.75, 3.05) is 5.32 Å². The van der Waals surface area contributed by atoms with E-state index in [-0.39, 0.29) is 17.0 Å². The van der Waals surface area contributed by atoms with E-state index in [1.807, 2.05) is 0 Å². The molecule has 0 radical (unpaired) electrons. The normalized spacial score (nSPS) is 12.0.